The molecule has 4 rings (SSSR count). The molecule has 35 heavy (non-hydrogen) atoms. The van der Waals surface area contributed by atoms with Gasteiger partial charge < -0.3 is 20.7 Å². The number of nitrogens with two attached hydrogens (primary N) is 1. The number of carbonyl (C=O) groups is 2. The molecule has 0 saturated heterocycles. The quantitative estimate of drug-likeness (QED) is 0.327. The molecule has 2 heterocycles. The van der Waals surface area contributed by atoms with Crippen molar-refractivity contribution in [1.82, 2.24) is 19.9 Å². The summed E-state index contributed by atoms with van der Waals surface area (Å²) >= 11 is 6.00. The molecule has 0 radical (unpaired) electrons. The number of rotatable bonds is 9. The molecule has 0 bridgehead atoms. The van der Waals surface area contributed by atoms with Crippen LogP contribution in [0.25, 0.3) is 11.1 Å². The Labute approximate surface area is 207 Å². The third kappa shape index (κ3) is 6.24. The van der Waals surface area contributed by atoms with Crippen molar-refractivity contribution in [3.05, 3.63) is 101 Å². The fourth-order valence-electron chi connectivity index (χ4n) is 3.76. The SMILES string of the molecule is Nc1ccc(CC(C(=O)O)c2cn(CC(=O)NCc3ccccc3-c3ccc(Cl)cc3)cn2)cn1. The third-order valence-corrected chi connectivity index (χ3v) is 5.82. The number of hydrogen-bond donors (Lipinski definition) is 3. The lowest BCUT2D eigenvalue weighted by Gasteiger charge is -2.12. The van der Waals surface area contributed by atoms with Crippen LogP contribution in [0.15, 0.2) is 79.4 Å². The van der Waals surface area contributed by atoms with Crippen molar-refractivity contribution in [3.63, 3.8) is 0 Å². The predicted molar refractivity (Wildman–Crippen MR) is 134 cm³/mol. The van der Waals surface area contributed by atoms with Gasteiger partial charge in [-0.3, -0.25) is 9.59 Å². The summed E-state index contributed by atoms with van der Waals surface area (Å²) in [6.45, 7) is 0.368. The molecule has 4 aromatic rings. The fraction of sp³-hybridized carbons (Fsp3) is 0.154. The Balaban J connectivity index is 1.39. The highest BCUT2D eigenvalue weighted by atomic mass is 35.5. The molecule has 2 aromatic carbocycles. The van der Waals surface area contributed by atoms with E-state index in [0.29, 0.717) is 23.1 Å². The maximum absolute atomic E-state index is 12.6. The molecule has 0 aliphatic carbocycles. The zero-order chi connectivity index (χ0) is 24.8. The van der Waals surface area contributed by atoms with Gasteiger partial charge in [0.25, 0.3) is 0 Å². The van der Waals surface area contributed by atoms with Gasteiger partial charge in [-0.1, -0.05) is 54.1 Å². The highest BCUT2D eigenvalue weighted by Crippen LogP contribution is 2.25. The van der Waals surface area contributed by atoms with Crippen LogP contribution in [0.5, 0.6) is 0 Å². The van der Waals surface area contributed by atoms with Crippen LogP contribution in [0, 0.1) is 0 Å². The number of carboxylic acid groups (broad SMARTS) is 1. The predicted octanol–water partition coefficient (Wildman–Crippen LogP) is 3.91. The summed E-state index contributed by atoms with van der Waals surface area (Å²) in [5, 5.41) is 13.3. The summed E-state index contributed by atoms with van der Waals surface area (Å²) in [7, 11) is 0. The zero-order valence-electron chi connectivity index (χ0n) is 18.8. The maximum atomic E-state index is 12.6. The number of nitrogen functional groups attached to an aromatic ring is 1. The van der Waals surface area contributed by atoms with Crippen LogP contribution in [0.4, 0.5) is 5.82 Å². The normalized spacial score (nSPS) is 11.7. The average molecular weight is 490 g/mol. The Morgan fingerprint density at radius 3 is 2.54 bits per heavy atom. The van der Waals surface area contributed by atoms with Gasteiger partial charge in [0.2, 0.25) is 5.91 Å². The minimum atomic E-state index is -1.00. The van der Waals surface area contributed by atoms with Gasteiger partial charge in [-0.2, -0.15) is 0 Å². The number of nitrogens with one attached hydrogen (secondary N) is 1. The molecule has 0 spiro atoms. The minimum absolute atomic E-state index is 0.0197. The lowest BCUT2D eigenvalue weighted by molar-refractivity contribution is -0.138. The summed E-state index contributed by atoms with van der Waals surface area (Å²) in [4.78, 5) is 32.7. The van der Waals surface area contributed by atoms with Gasteiger partial charge in [-0.25, -0.2) is 9.97 Å². The van der Waals surface area contributed by atoms with Crippen LogP contribution in [-0.4, -0.2) is 31.5 Å². The Kier molecular flexibility index (Phi) is 7.42. The van der Waals surface area contributed by atoms with E-state index < -0.39 is 11.9 Å². The largest absolute Gasteiger partial charge is 0.481 e. The maximum Gasteiger partial charge on any atom is 0.312 e. The summed E-state index contributed by atoms with van der Waals surface area (Å²) in [5.41, 5.74) is 9.69. The number of carbonyl (C=O) groups excluding carboxylic acids is 1. The first-order valence-electron chi connectivity index (χ1n) is 10.9. The summed E-state index contributed by atoms with van der Waals surface area (Å²) in [6.07, 6.45) is 4.82. The molecule has 0 aliphatic rings. The fourth-order valence-corrected chi connectivity index (χ4v) is 3.88. The second-order valence-corrected chi connectivity index (χ2v) is 8.53. The lowest BCUT2D eigenvalue weighted by atomic mass is 9.98. The van der Waals surface area contributed by atoms with E-state index >= 15 is 0 Å². The van der Waals surface area contributed by atoms with Crippen molar-refractivity contribution in [2.75, 3.05) is 5.73 Å². The molecule has 0 aliphatic heterocycles. The highest BCUT2D eigenvalue weighted by molar-refractivity contribution is 6.30. The second-order valence-electron chi connectivity index (χ2n) is 8.10. The number of halogens is 1. The standard InChI is InChI=1S/C26H24ClN5O3/c27-20-8-6-18(7-9-20)21-4-2-1-3-19(21)13-30-25(33)15-32-14-23(31-16-32)22(26(34)35)11-17-5-10-24(28)29-12-17/h1-10,12,14,16,22H,11,13,15H2,(H2,28,29)(H,30,33)(H,34,35). The molecule has 0 saturated carbocycles. The Bertz CT molecular complexity index is 1320. The van der Waals surface area contributed by atoms with E-state index in [9.17, 15) is 14.7 Å². The first kappa shape index (κ1) is 24.0. The number of imidazole rings is 1. The second kappa shape index (κ2) is 10.8. The number of amides is 1. The van der Waals surface area contributed by atoms with Gasteiger partial charge in [0, 0.05) is 24.0 Å². The van der Waals surface area contributed by atoms with Gasteiger partial charge >= 0.3 is 5.97 Å². The number of pyridine rings is 1. The number of nitrogens with zero attached hydrogens (tertiary/aromatic N) is 3. The molecule has 8 nitrogen and oxygen atoms in total. The minimum Gasteiger partial charge on any atom is -0.481 e. The van der Waals surface area contributed by atoms with E-state index in [1.165, 1.54) is 6.33 Å². The van der Waals surface area contributed by atoms with Crippen molar-refractivity contribution >= 4 is 29.3 Å². The lowest BCUT2D eigenvalue weighted by Crippen LogP contribution is -2.27. The molecule has 0 fully saturated rings. The zero-order valence-corrected chi connectivity index (χ0v) is 19.5. The van der Waals surface area contributed by atoms with Gasteiger partial charge in [0.05, 0.1) is 12.0 Å². The molecule has 1 atom stereocenters. The molecule has 9 heteroatoms. The number of carboxylic acids is 1. The van der Waals surface area contributed by atoms with E-state index in [1.807, 2.05) is 48.5 Å². The van der Waals surface area contributed by atoms with Gasteiger partial charge in [-0.15, -0.1) is 0 Å². The van der Waals surface area contributed by atoms with Crippen LogP contribution in [0.3, 0.4) is 0 Å². The Morgan fingerprint density at radius 2 is 1.83 bits per heavy atom. The number of hydrogen-bond acceptors (Lipinski definition) is 5. The van der Waals surface area contributed by atoms with Crippen molar-refractivity contribution < 1.29 is 14.7 Å². The number of aromatic nitrogens is 3. The topological polar surface area (TPSA) is 123 Å². The summed E-state index contributed by atoms with van der Waals surface area (Å²) in [6, 6.07) is 18.7. The number of aliphatic carboxylic acids is 1. The molecule has 178 valence electrons. The van der Waals surface area contributed by atoms with E-state index in [1.54, 1.807) is 29.1 Å². The Morgan fingerprint density at radius 1 is 1.06 bits per heavy atom. The van der Waals surface area contributed by atoms with Crippen molar-refractivity contribution in [2.45, 2.75) is 25.4 Å². The van der Waals surface area contributed by atoms with E-state index in [4.69, 9.17) is 17.3 Å². The smallest absolute Gasteiger partial charge is 0.312 e. The molecular formula is C26H24ClN5O3. The molecular weight excluding hydrogens is 466 g/mol. The molecule has 4 N–H and O–H groups in total. The van der Waals surface area contributed by atoms with Gasteiger partial charge in [0.15, 0.2) is 0 Å². The first-order chi connectivity index (χ1) is 16.9. The van der Waals surface area contributed by atoms with E-state index in [2.05, 4.69) is 15.3 Å². The third-order valence-electron chi connectivity index (χ3n) is 5.57. The van der Waals surface area contributed by atoms with Crippen LogP contribution < -0.4 is 11.1 Å². The monoisotopic (exact) mass is 489 g/mol. The van der Waals surface area contributed by atoms with Crippen LogP contribution in [-0.2, 0) is 29.1 Å². The van der Waals surface area contributed by atoms with Crippen LogP contribution in [0.2, 0.25) is 5.02 Å². The first-order valence-corrected chi connectivity index (χ1v) is 11.3. The Hall–Kier alpha value is -4.17. The van der Waals surface area contributed by atoms with Crippen molar-refractivity contribution in [2.24, 2.45) is 0 Å². The molecule has 2 aromatic heterocycles. The van der Waals surface area contributed by atoms with E-state index in [-0.39, 0.29) is 18.9 Å². The molecule has 1 amide bonds. The van der Waals surface area contributed by atoms with Gasteiger partial charge in [0.1, 0.15) is 18.3 Å². The van der Waals surface area contributed by atoms with Gasteiger partial charge in [-0.05, 0) is 46.9 Å². The average Bonchev–Trinajstić information content (AvgIpc) is 3.30. The van der Waals surface area contributed by atoms with Crippen LogP contribution in [0.1, 0.15) is 22.7 Å². The number of benzene rings is 2. The summed E-state index contributed by atoms with van der Waals surface area (Å²) < 4.78 is 1.58. The number of anilines is 1. The van der Waals surface area contributed by atoms with E-state index in [0.717, 1.165) is 22.3 Å². The summed E-state index contributed by atoms with van der Waals surface area (Å²) in [5.74, 6) is -1.72. The highest BCUT2D eigenvalue weighted by Gasteiger charge is 2.23. The van der Waals surface area contributed by atoms with Crippen molar-refractivity contribution in [3.8, 4) is 11.1 Å². The van der Waals surface area contributed by atoms with Crippen LogP contribution >= 0.6 is 11.6 Å². The molecule has 1 unspecified atom stereocenters. The van der Waals surface area contributed by atoms with Crippen molar-refractivity contribution in [1.29, 1.82) is 0 Å².